The number of carbonyl (C=O) groups excluding carboxylic acids is 1. The monoisotopic (exact) mass is 275 g/mol. The topological polar surface area (TPSA) is 33.5 Å². The van der Waals surface area contributed by atoms with Crippen LogP contribution in [0.1, 0.15) is 16.1 Å². The van der Waals surface area contributed by atoms with E-state index in [1.807, 2.05) is 50.0 Å². The van der Waals surface area contributed by atoms with Crippen molar-refractivity contribution in [1.29, 1.82) is 0 Å². The highest BCUT2D eigenvalue weighted by molar-refractivity contribution is 7.99. The molecule has 19 heavy (non-hydrogen) atoms. The first-order valence-electron chi connectivity index (χ1n) is 6.48. The van der Waals surface area contributed by atoms with Crippen molar-refractivity contribution in [3.8, 4) is 0 Å². The van der Waals surface area contributed by atoms with E-state index in [2.05, 4.69) is 4.90 Å². The van der Waals surface area contributed by atoms with Crippen molar-refractivity contribution >= 4 is 28.5 Å². The van der Waals surface area contributed by atoms with Gasteiger partial charge in [-0.05, 0) is 25.6 Å². The number of carbonyl (C=O) groups is 1. The molecule has 1 aromatic heterocycles. The largest absolute Gasteiger partial charge is 0.453 e. The molecule has 1 atom stereocenters. The number of nitrogens with zero attached hydrogens (tertiary/aromatic N) is 1. The Balaban J connectivity index is 1.95. The molecule has 0 spiro atoms. The van der Waals surface area contributed by atoms with Gasteiger partial charge in [0.25, 0.3) is 0 Å². The number of hydrogen-bond donors (Lipinski definition) is 0. The van der Waals surface area contributed by atoms with Crippen LogP contribution in [0.25, 0.3) is 11.0 Å². The summed E-state index contributed by atoms with van der Waals surface area (Å²) in [4.78, 5) is 14.7. The number of furan rings is 1. The molecule has 2 heterocycles. The van der Waals surface area contributed by atoms with Crippen molar-refractivity contribution in [3.63, 3.8) is 0 Å². The molecule has 1 aliphatic rings. The van der Waals surface area contributed by atoms with Gasteiger partial charge in [0.1, 0.15) is 5.58 Å². The molecule has 3 rings (SSSR count). The second-order valence-corrected chi connectivity index (χ2v) is 6.19. The number of Topliss-reactive ketones (excluding diaryl/α,β-unsaturated/α-hetero) is 1. The summed E-state index contributed by atoms with van der Waals surface area (Å²) in [7, 11) is 2.01. The minimum atomic E-state index is -0.0559. The molecular weight excluding hydrogens is 258 g/mol. The zero-order valence-corrected chi connectivity index (χ0v) is 12.0. The second-order valence-electron chi connectivity index (χ2n) is 5.04. The van der Waals surface area contributed by atoms with E-state index in [0.717, 1.165) is 34.6 Å². The Hall–Kier alpha value is -1.26. The van der Waals surface area contributed by atoms with Crippen LogP contribution in [-0.2, 0) is 0 Å². The number of hydrogen-bond acceptors (Lipinski definition) is 4. The lowest BCUT2D eigenvalue weighted by molar-refractivity contribution is 0.0848. The maximum Gasteiger partial charge on any atom is 0.215 e. The van der Waals surface area contributed by atoms with Gasteiger partial charge in [0, 0.05) is 23.4 Å². The summed E-state index contributed by atoms with van der Waals surface area (Å²) in [5.41, 5.74) is 1.90. The van der Waals surface area contributed by atoms with Crippen molar-refractivity contribution in [1.82, 2.24) is 4.90 Å². The molecule has 0 aliphatic carbocycles. The molecule has 0 radical (unpaired) electrons. The molecule has 2 aromatic rings. The number of rotatable bonds is 2. The summed E-state index contributed by atoms with van der Waals surface area (Å²) >= 11 is 1.84. The molecule has 1 aromatic carbocycles. The molecule has 4 heteroatoms. The molecule has 0 N–H and O–H groups in total. The first kappa shape index (κ1) is 12.8. The number of likely N-dealkylation sites (N-methyl/N-ethyl adjacent to an activating group) is 1. The Morgan fingerprint density at radius 1 is 1.47 bits per heavy atom. The maximum atomic E-state index is 12.5. The third-order valence-electron chi connectivity index (χ3n) is 3.68. The van der Waals surface area contributed by atoms with Crippen LogP contribution < -0.4 is 0 Å². The van der Waals surface area contributed by atoms with Crippen molar-refractivity contribution in [3.05, 3.63) is 35.6 Å². The van der Waals surface area contributed by atoms with Crippen LogP contribution in [0, 0.1) is 6.92 Å². The molecule has 1 saturated heterocycles. The molecule has 1 aliphatic heterocycles. The first-order chi connectivity index (χ1) is 9.16. The predicted octanol–water partition coefficient (Wildman–Crippen LogP) is 2.97. The summed E-state index contributed by atoms with van der Waals surface area (Å²) in [6.45, 7) is 2.96. The van der Waals surface area contributed by atoms with Crippen LogP contribution in [0.15, 0.2) is 28.7 Å². The number of fused-ring (bicyclic) bond motifs is 1. The molecule has 1 fully saturated rings. The molecule has 0 saturated carbocycles. The van der Waals surface area contributed by atoms with Crippen LogP contribution in [0.2, 0.25) is 0 Å². The molecule has 3 nitrogen and oxygen atoms in total. The van der Waals surface area contributed by atoms with Gasteiger partial charge in [-0.2, -0.15) is 11.8 Å². The van der Waals surface area contributed by atoms with Gasteiger partial charge in [-0.3, -0.25) is 9.69 Å². The van der Waals surface area contributed by atoms with Gasteiger partial charge in [-0.1, -0.05) is 18.2 Å². The summed E-state index contributed by atoms with van der Waals surface area (Å²) in [6.07, 6.45) is 0. The Bertz CT molecular complexity index is 620. The van der Waals surface area contributed by atoms with E-state index in [0.29, 0.717) is 5.76 Å². The summed E-state index contributed by atoms with van der Waals surface area (Å²) < 4.78 is 5.78. The lowest BCUT2D eigenvalue weighted by atomic mass is 10.1. The SMILES string of the molecule is Cc1cccc2cc(C(=O)C3CSCCN3C)oc12. The van der Waals surface area contributed by atoms with E-state index in [1.165, 1.54) is 0 Å². The van der Waals surface area contributed by atoms with Crippen LogP contribution in [-0.4, -0.2) is 41.8 Å². The summed E-state index contributed by atoms with van der Waals surface area (Å²) in [6, 6.07) is 7.80. The summed E-state index contributed by atoms with van der Waals surface area (Å²) in [5.74, 6) is 2.54. The molecule has 0 bridgehead atoms. The maximum absolute atomic E-state index is 12.5. The minimum absolute atomic E-state index is 0.0559. The van der Waals surface area contributed by atoms with Gasteiger partial charge >= 0.3 is 0 Å². The normalized spacial score (nSPS) is 20.8. The van der Waals surface area contributed by atoms with Crippen LogP contribution in [0.5, 0.6) is 0 Å². The smallest absolute Gasteiger partial charge is 0.215 e. The second kappa shape index (κ2) is 5.02. The van der Waals surface area contributed by atoms with Gasteiger partial charge in [-0.25, -0.2) is 0 Å². The Morgan fingerprint density at radius 2 is 2.32 bits per heavy atom. The highest BCUT2D eigenvalue weighted by atomic mass is 32.2. The average molecular weight is 275 g/mol. The van der Waals surface area contributed by atoms with Crippen molar-refractivity contribution in [2.24, 2.45) is 0 Å². The third-order valence-corrected chi connectivity index (χ3v) is 4.71. The zero-order valence-electron chi connectivity index (χ0n) is 11.2. The fraction of sp³-hybridized carbons (Fsp3) is 0.400. The van der Waals surface area contributed by atoms with E-state index >= 15 is 0 Å². The lowest BCUT2D eigenvalue weighted by Gasteiger charge is -2.30. The molecular formula is C15H17NO2S. The zero-order chi connectivity index (χ0) is 13.4. The van der Waals surface area contributed by atoms with E-state index in [1.54, 1.807) is 0 Å². The molecule has 1 unspecified atom stereocenters. The summed E-state index contributed by atoms with van der Waals surface area (Å²) in [5, 5.41) is 1.01. The Morgan fingerprint density at radius 3 is 3.05 bits per heavy atom. The van der Waals surface area contributed by atoms with Gasteiger partial charge < -0.3 is 4.42 Å². The Labute approximate surface area is 117 Å². The van der Waals surface area contributed by atoms with E-state index in [9.17, 15) is 4.79 Å². The number of ketones is 1. The Kier molecular flexibility index (Phi) is 3.37. The highest BCUT2D eigenvalue weighted by Crippen LogP contribution is 2.25. The highest BCUT2D eigenvalue weighted by Gasteiger charge is 2.29. The quantitative estimate of drug-likeness (QED) is 0.789. The van der Waals surface area contributed by atoms with E-state index in [-0.39, 0.29) is 11.8 Å². The lowest BCUT2D eigenvalue weighted by Crippen LogP contribution is -2.44. The number of aryl methyl sites for hydroxylation is 1. The standard InChI is InChI=1S/C15H17NO2S/c1-10-4-3-5-11-8-13(18-15(10)11)14(17)12-9-19-7-6-16(12)2/h3-5,8,12H,6-7,9H2,1-2H3. The van der Waals surface area contributed by atoms with Crippen LogP contribution in [0.4, 0.5) is 0 Å². The van der Waals surface area contributed by atoms with Crippen molar-refractivity contribution < 1.29 is 9.21 Å². The van der Waals surface area contributed by atoms with Crippen LogP contribution in [0.3, 0.4) is 0 Å². The van der Waals surface area contributed by atoms with Crippen molar-refractivity contribution in [2.75, 3.05) is 25.1 Å². The fourth-order valence-electron chi connectivity index (χ4n) is 2.46. The van der Waals surface area contributed by atoms with Gasteiger partial charge in [0.05, 0.1) is 6.04 Å². The fourth-order valence-corrected chi connectivity index (χ4v) is 3.67. The number of benzene rings is 1. The third kappa shape index (κ3) is 2.30. The van der Waals surface area contributed by atoms with Crippen molar-refractivity contribution in [2.45, 2.75) is 13.0 Å². The van der Waals surface area contributed by atoms with Gasteiger partial charge in [0.15, 0.2) is 5.76 Å². The minimum Gasteiger partial charge on any atom is -0.453 e. The predicted molar refractivity (Wildman–Crippen MR) is 79.0 cm³/mol. The van der Waals surface area contributed by atoms with Gasteiger partial charge in [0.2, 0.25) is 5.78 Å². The number of para-hydroxylation sites is 1. The van der Waals surface area contributed by atoms with Gasteiger partial charge in [-0.15, -0.1) is 0 Å². The van der Waals surface area contributed by atoms with E-state index < -0.39 is 0 Å². The average Bonchev–Trinajstić information content (AvgIpc) is 2.84. The molecule has 100 valence electrons. The van der Waals surface area contributed by atoms with Crippen LogP contribution >= 0.6 is 11.8 Å². The molecule has 0 amide bonds. The number of thioether (sulfide) groups is 1. The first-order valence-corrected chi connectivity index (χ1v) is 7.63. The van der Waals surface area contributed by atoms with E-state index in [4.69, 9.17) is 4.42 Å².